The van der Waals surface area contributed by atoms with Gasteiger partial charge in [-0.1, -0.05) is 0 Å². The molecule has 2 aromatic rings. The molecule has 0 radical (unpaired) electrons. The highest BCUT2D eigenvalue weighted by molar-refractivity contribution is 9.10. The van der Waals surface area contributed by atoms with E-state index in [1.54, 1.807) is 6.20 Å². The van der Waals surface area contributed by atoms with Crippen molar-refractivity contribution < 1.29 is 0 Å². The lowest BCUT2D eigenvalue weighted by Gasteiger charge is -2.05. The van der Waals surface area contributed by atoms with Crippen molar-refractivity contribution in [2.75, 3.05) is 0 Å². The summed E-state index contributed by atoms with van der Waals surface area (Å²) in [5.74, 6) is 0. The van der Waals surface area contributed by atoms with Gasteiger partial charge < -0.3 is 0 Å². The van der Waals surface area contributed by atoms with Crippen LogP contribution in [-0.4, -0.2) is 19.7 Å². The van der Waals surface area contributed by atoms with Crippen molar-refractivity contribution in [3.63, 3.8) is 0 Å². The van der Waals surface area contributed by atoms with E-state index in [2.05, 4.69) is 44.8 Å². The smallest absolute Gasteiger partial charge is 0.162 e. The molecule has 68 valence electrons. The van der Waals surface area contributed by atoms with Crippen molar-refractivity contribution in [2.24, 2.45) is 0 Å². The summed E-state index contributed by atoms with van der Waals surface area (Å²) in [5, 5.41) is 5.19. The van der Waals surface area contributed by atoms with Crippen molar-refractivity contribution in [1.82, 2.24) is 19.7 Å². The van der Waals surface area contributed by atoms with Crippen molar-refractivity contribution in [1.29, 1.82) is 0 Å². The Hall–Kier alpha value is -0.970. The van der Waals surface area contributed by atoms with E-state index in [-0.39, 0.29) is 0 Å². The molecule has 4 nitrogen and oxygen atoms in total. The minimum atomic E-state index is 0.319. The molecule has 13 heavy (non-hydrogen) atoms. The number of fused-ring (bicyclic) bond motifs is 1. The summed E-state index contributed by atoms with van der Waals surface area (Å²) >= 11 is 3.35. The van der Waals surface area contributed by atoms with Gasteiger partial charge in [-0.3, -0.25) is 0 Å². The van der Waals surface area contributed by atoms with Crippen molar-refractivity contribution in [3.05, 3.63) is 17.1 Å². The van der Waals surface area contributed by atoms with E-state index in [1.807, 2.05) is 4.68 Å². The van der Waals surface area contributed by atoms with E-state index in [4.69, 9.17) is 0 Å². The standard InChI is InChI=1S/C8H9BrN4/c1-5(2)13-8-6(3-12-13)7(9)10-4-11-8/h3-5H,1-2H3. The summed E-state index contributed by atoms with van der Waals surface area (Å²) in [5.41, 5.74) is 0.872. The van der Waals surface area contributed by atoms with E-state index in [1.165, 1.54) is 6.33 Å². The van der Waals surface area contributed by atoms with Gasteiger partial charge in [0.1, 0.15) is 10.9 Å². The lowest BCUT2D eigenvalue weighted by Crippen LogP contribution is -2.03. The number of halogens is 1. The van der Waals surface area contributed by atoms with Crippen molar-refractivity contribution in [3.8, 4) is 0 Å². The maximum atomic E-state index is 4.24. The second-order valence-electron chi connectivity index (χ2n) is 3.08. The summed E-state index contributed by atoms with van der Waals surface area (Å²) in [6, 6.07) is 0.319. The monoisotopic (exact) mass is 240 g/mol. The number of hydrogen-bond donors (Lipinski definition) is 0. The molecular formula is C8H9BrN4. The Balaban J connectivity index is 2.75. The van der Waals surface area contributed by atoms with Gasteiger partial charge in [0.05, 0.1) is 11.6 Å². The summed E-state index contributed by atoms with van der Waals surface area (Å²) in [7, 11) is 0. The lowest BCUT2D eigenvalue weighted by molar-refractivity contribution is 0.546. The van der Waals surface area contributed by atoms with Crippen LogP contribution in [-0.2, 0) is 0 Å². The third-order valence-corrected chi connectivity index (χ3v) is 2.46. The SMILES string of the molecule is CC(C)n1ncc2c(Br)ncnc21. The normalized spacial score (nSPS) is 11.4. The molecule has 0 saturated heterocycles. The molecule has 0 aliphatic carbocycles. The van der Waals surface area contributed by atoms with E-state index < -0.39 is 0 Å². The summed E-state index contributed by atoms with van der Waals surface area (Å²) in [4.78, 5) is 8.21. The van der Waals surface area contributed by atoms with E-state index in [0.29, 0.717) is 6.04 Å². The van der Waals surface area contributed by atoms with Crippen LogP contribution in [0.3, 0.4) is 0 Å². The fourth-order valence-corrected chi connectivity index (χ4v) is 1.58. The van der Waals surface area contributed by atoms with Crippen LogP contribution in [0.15, 0.2) is 17.1 Å². The molecule has 0 unspecified atom stereocenters. The molecule has 5 heteroatoms. The van der Waals surface area contributed by atoms with Gasteiger partial charge in [-0.25, -0.2) is 14.6 Å². The zero-order valence-electron chi connectivity index (χ0n) is 7.40. The molecule has 0 aromatic carbocycles. The number of nitrogens with zero attached hydrogens (tertiary/aromatic N) is 4. The number of rotatable bonds is 1. The van der Waals surface area contributed by atoms with Crippen LogP contribution in [0.25, 0.3) is 11.0 Å². The van der Waals surface area contributed by atoms with Gasteiger partial charge in [0.25, 0.3) is 0 Å². The minimum absolute atomic E-state index is 0.319. The molecule has 2 heterocycles. The molecule has 2 rings (SSSR count). The first-order valence-electron chi connectivity index (χ1n) is 4.04. The molecule has 0 atom stereocenters. The molecule has 0 aliphatic rings. The molecule has 0 fully saturated rings. The molecule has 0 N–H and O–H groups in total. The van der Waals surface area contributed by atoms with Crippen molar-refractivity contribution >= 4 is 27.0 Å². The van der Waals surface area contributed by atoms with Gasteiger partial charge in [0.2, 0.25) is 0 Å². The van der Waals surface area contributed by atoms with Gasteiger partial charge in [-0.2, -0.15) is 5.10 Å². The van der Waals surface area contributed by atoms with Gasteiger partial charge in [-0.05, 0) is 29.8 Å². The second-order valence-corrected chi connectivity index (χ2v) is 3.84. The van der Waals surface area contributed by atoms with Crippen LogP contribution in [0.1, 0.15) is 19.9 Å². The van der Waals surface area contributed by atoms with Gasteiger partial charge in [-0.15, -0.1) is 0 Å². The first-order valence-corrected chi connectivity index (χ1v) is 4.83. The molecule has 0 bridgehead atoms. The first-order chi connectivity index (χ1) is 6.20. The maximum absolute atomic E-state index is 4.24. The quantitative estimate of drug-likeness (QED) is 0.718. The zero-order valence-corrected chi connectivity index (χ0v) is 8.98. The minimum Gasteiger partial charge on any atom is -0.245 e. The Morgan fingerprint density at radius 3 is 2.85 bits per heavy atom. The van der Waals surface area contributed by atoms with Crippen LogP contribution in [0.4, 0.5) is 0 Å². The van der Waals surface area contributed by atoms with Crippen LogP contribution < -0.4 is 0 Å². The van der Waals surface area contributed by atoms with Crippen LogP contribution in [0.2, 0.25) is 0 Å². The maximum Gasteiger partial charge on any atom is 0.162 e. The van der Waals surface area contributed by atoms with Gasteiger partial charge in [0.15, 0.2) is 5.65 Å². The Bertz CT molecular complexity index is 435. The van der Waals surface area contributed by atoms with Gasteiger partial charge >= 0.3 is 0 Å². The highest BCUT2D eigenvalue weighted by Gasteiger charge is 2.09. The molecule has 2 aromatic heterocycles. The zero-order chi connectivity index (χ0) is 9.42. The highest BCUT2D eigenvalue weighted by atomic mass is 79.9. The van der Waals surface area contributed by atoms with Crippen LogP contribution in [0.5, 0.6) is 0 Å². The van der Waals surface area contributed by atoms with E-state index in [9.17, 15) is 0 Å². The summed E-state index contributed by atoms with van der Waals surface area (Å²) < 4.78 is 2.67. The number of aromatic nitrogens is 4. The molecule has 0 amide bonds. The third-order valence-electron chi connectivity index (χ3n) is 1.83. The Morgan fingerprint density at radius 1 is 1.38 bits per heavy atom. The van der Waals surface area contributed by atoms with Crippen molar-refractivity contribution in [2.45, 2.75) is 19.9 Å². The average molecular weight is 241 g/mol. The fraction of sp³-hybridized carbons (Fsp3) is 0.375. The fourth-order valence-electron chi connectivity index (χ4n) is 1.21. The van der Waals surface area contributed by atoms with Crippen LogP contribution >= 0.6 is 15.9 Å². The largest absolute Gasteiger partial charge is 0.245 e. The highest BCUT2D eigenvalue weighted by Crippen LogP contribution is 2.20. The topological polar surface area (TPSA) is 43.6 Å². The predicted octanol–water partition coefficient (Wildman–Crippen LogP) is 2.17. The molecule has 0 saturated carbocycles. The Kier molecular flexibility index (Phi) is 2.03. The summed E-state index contributed by atoms with van der Waals surface area (Å²) in [6.07, 6.45) is 3.31. The van der Waals surface area contributed by atoms with Gasteiger partial charge in [0, 0.05) is 6.04 Å². The Labute approximate surface area is 84.1 Å². The van der Waals surface area contributed by atoms with E-state index >= 15 is 0 Å². The third kappa shape index (κ3) is 1.33. The summed E-state index contributed by atoms with van der Waals surface area (Å²) in [6.45, 7) is 4.14. The van der Waals surface area contributed by atoms with E-state index in [0.717, 1.165) is 15.6 Å². The molecule has 0 aliphatic heterocycles. The predicted molar refractivity (Wildman–Crippen MR) is 53.4 cm³/mol. The van der Waals surface area contributed by atoms with Crippen LogP contribution in [0, 0.1) is 0 Å². The Morgan fingerprint density at radius 2 is 2.15 bits per heavy atom. The lowest BCUT2D eigenvalue weighted by atomic mass is 10.4. The number of hydrogen-bond acceptors (Lipinski definition) is 3. The second kappa shape index (κ2) is 3.06. The average Bonchev–Trinajstić information content (AvgIpc) is 2.48. The molecule has 0 spiro atoms. The molecular weight excluding hydrogens is 232 g/mol. The first kappa shape index (κ1) is 8.62.